The molecule has 0 aromatic carbocycles. The van der Waals surface area contributed by atoms with E-state index in [4.69, 9.17) is 0 Å². The lowest BCUT2D eigenvalue weighted by atomic mass is 9.90. The van der Waals surface area contributed by atoms with Crippen LogP contribution < -0.4 is 5.32 Å². The van der Waals surface area contributed by atoms with Crippen LogP contribution in [0.4, 0.5) is 0 Å². The van der Waals surface area contributed by atoms with Crippen molar-refractivity contribution in [2.24, 2.45) is 17.3 Å². The van der Waals surface area contributed by atoms with E-state index in [0.717, 1.165) is 0 Å². The van der Waals surface area contributed by atoms with Gasteiger partial charge in [-0.05, 0) is 5.92 Å². The zero-order valence-electron chi connectivity index (χ0n) is 11.5. The molecule has 0 rings (SSSR count). The van der Waals surface area contributed by atoms with E-state index in [-0.39, 0.29) is 29.6 Å². The third kappa shape index (κ3) is 4.33. The Kier molecular flexibility index (Phi) is 5.17. The fourth-order valence-corrected chi connectivity index (χ4v) is 1.28. The molecule has 1 atom stereocenters. The molecule has 0 aromatic rings. The monoisotopic (exact) mass is 227 g/mol. The SMILES string of the molecule is CC(C)C(=O)C(NC(=O)C(C)(C)C)C(C)C. The molecule has 0 saturated heterocycles. The summed E-state index contributed by atoms with van der Waals surface area (Å²) in [6.07, 6.45) is 0. The van der Waals surface area contributed by atoms with E-state index >= 15 is 0 Å². The highest BCUT2D eigenvalue weighted by Gasteiger charge is 2.30. The van der Waals surface area contributed by atoms with E-state index in [9.17, 15) is 9.59 Å². The lowest BCUT2D eigenvalue weighted by molar-refractivity contribution is -0.134. The van der Waals surface area contributed by atoms with Crippen molar-refractivity contribution in [3.8, 4) is 0 Å². The lowest BCUT2D eigenvalue weighted by Gasteiger charge is -2.27. The van der Waals surface area contributed by atoms with Gasteiger partial charge in [0.2, 0.25) is 5.91 Å². The number of nitrogens with one attached hydrogen (secondary N) is 1. The molecule has 0 saturated carbocycles. The molecule has 1 amide bonds. The van der Waals surface area contributed by atoms with Crippen molar-refractivity contribution in [3.05, 3.63) is 0 Å². The average molecular weight is 227 g/mol. The summed E-state index contributed by atoms with van der Waals surface area (Å²) >= 11 is 0. The second-order valence-corrected chi connectivity index (χ2v) is 6.00. The van der Waals surface area contributed by atoms with Crippen LogP contribution in [0.5, 0.6) is 0 Å². The molecule has 0 heterocycles. The largest absolute Gasteiger partial charge is 0.346 e. The second-order valence-electron chi connectivity index (χ2n) is 6.00. The summed E-state index contributed by atoms with van der Waals surface area (Å²) in [5.74, 6) is 0.113. The maximum Gasteiger partial charge on any atom is 0.225 e. The molecule has 0 aliphatic heterocycles. The van der Waals surface area contributed by atoms with Gasteiger partial charge in [0.15, 0.2) is 5.78 Å². The molecule has 0 aliphatic rings. The fraction of sp³-hybridized carbons (Fsp3) is 0.846. The van der Waals surface area contributed by atoms with Gasteiger partial charge in [-0.25, -0.2) is 0 Å². The van der Waals surface area contributed by atoms with Crippen molar-refractivity contribution in [1.29, 1.82) is 0 Å². The minimum atomic E-state index is -0.454. The van der Waals surface area contributed by atoms with Gasteiger partial charge in [-0.1, -0.05) is 48.5 Å². The Morgan fingerprint density at radius 1 is 1.00 bits per heavy atom. The first kappa shape index (κ1) is 15.1. The number of Topliss-reactive ketones (excluding diaryl/α,β-unsaturated/α-hetero) is 1. The maximum atomic E-state index is 11.9. The number of hydrogen-bond acceptors (Lipinski definition) is 2. The number of rotatable bonds is 4. The van der Waals surface area contributed by atoms with Crippen LogP contribution in [0.3, 0.4) is 0 Å². The molecule has 16 heavy (non-hydrogen) atoms. The summed E-state index contributed by atoms with van der Waals surface area (Å²) in [4.78, 5) is 23.8. The van der Waals surface area contributed by atoms with Gasteiger partial charge in [-0.3, -0.25) is 9.59 Å². The van der Waals surface area contributed by atoms with Crippen molar-refractivity contribution in [3.63, 3.8) is 0 Å². The molecule has 0 aliphatic carbocycles. The summed E-state index contributed by atoms with van der Waals surface area (Å²) < 4.78 is 0. The molecule has 0 fully saturated rings. The molecule has 0 radical (unpaired) electrons. The lowest BCUT2D eigenvalue weighted by Crippen LogP contribution is -2.49. The van der Waals surface area contributed by atoms with E-state index in [1.54, 1.807) is 0 Å². The number of amides is 1. The van der Waals surface area contributed by atoms with E-state index in [1.165, 1.54) is 0 Å². The first-order valence-electron chi connectivity index (χ1n) is 5.92. The van der Waals surface area contributed by atoms with E-state index in [2.05, 4.69) is 5.32 Å². The van der Waals surface area contributed by atoms with Gasteiger partial charge >= 0.3 is 0 Å². The van der Waals surface area contributed by atoms with Crippen LogP contribution in [0.2, 0.25) is 0 Å². The van der Waals surface area contributed by atoms with Crippen LogP contribution in [0, 0.1) is 17.3 Å². The Hall–Kier alpha value is -0.860. The van der Waals surface area contributed by atoms with Crippen LogP contribution in [0.25, 0.3) is 0 Å². The topological polar surface area (TPSA) is 46.2 Å². The molecule has 0 aromatic heterocycles. The van der Waals surface area contributed by atoms with E-state index in [0.29, 0.717) is 0 Å². The molecular formula is C13H25NO2. The Bertz CT molecular complexity index is 262. The molecule has 3 heteroatoms. The molecular weight excluding hydrogens is 202 g/mol. The first-order chi connectivity index (χ1) is 7.07. The van der Waals surface area contributed by atoms with Crippen molar-refractivity contribution in [2.75, 3.05) is 0 Å². The molecule has 1 N–H and O–H groups in total. The first-order valence-corrected chi connectivity index (χ1v) is 5.92. The predicted molar refractivity (Wildman–Crippen MR) is 66.1 cm³/mol. The smallest absolute Gasteiger partial charge is 0.225 e. The van der Waals surface area contributed by atoms with Gasteiger partial charge in [0.05, 0.1) is 6.04 Å². The van der Waals surface area contributed by atoms with Crippen molar-refractivity contribution in [1.82, 2.24) is 5.32 Å². The van der Waals surface area contributed by atoms with Gasteiger partial charge < -0.3 is 5.32 Å². The summed E-state index contributed by atoms with van der Waals surface area (Å²) in [6.45, 7) is 13.2. The zero-order valence-corrected chi connectivity index (χ0v) is 11.5. The van der Waals surface area contributed by atoms with Crippen LogP contribution in [-0.2, 0) is 9.59 Å². The highest BCUT2D eigenvalue weighted by Crippen LogP contribution is 2.16. The van der Waals surface area contributed by atoms with E-state index < -0.39 is 5.41 Å². The Balaban J connectivity index is 4.72. The highest BCUT2D eigenvalue weighted by molar-refractivity contribution is 5.91. The standard InChI is InChI=1S/C13H25NO2/c1-8(2)10(11(15)9(3)4)14-12(16)13(5,6)7/h8-10H,1-7H3,(H,14,16). The van der Waals surface area contributed by atoms with Crippen molar-refractivity contribution in [2.45, 2.75) is 54.5 Å². The summed E-state index contributed by atoms with van der Waals surface area (Å²) in [7, 11) is 0. The Morgan fingerprint density at radius 3 is 1.69 bits per heavy atom. The molecule has 0 spiro atoms. The number of carbonyl (C=O) groups is 2. The van der Waals surface area contributed by atoms with Gasteiger partial charge in [0, 0.05) is 11.3 Å². The van der Waals surface area contributed by atoms with Crippen LogP contribution in [0.1, 0.15) is 48.5 Å². The molecule has 3 nitrogen and oxygen atoms in total. The van der Waals surface area contributed by atoms with E-state index in [1.807, 2.05) is 48.5 Å². The zero-order chi connectivity index (χ0) is 13.1. The number of carbonyl (C=O) groups excluding carboxylic acids is 2. The van der Waals surface area contributed by atoms with Crippen molar-refractivity contribution < 1.29 is 9.59 Å². The molecule has 1 unspecified atom stereocenters. The molecule has 94 valence electrons. The summed E-state index contributed by atoms with van der Waals surface area (Å²) in [5.41, 5.74) is -0.454. The quantitative estimate of drug-likeness (QED) is 0.801. The van der Waals surface area contributed by atoms with Gasteiger partial charge in [-0.2, -0.15) is 0 Å². The number of hydrogen-bond donors (Lipinski definition) is 1. The second kappa shape index (κ2) is 5.46. The van der Waals surface area contributed by atoms with Crippen LogP contribution in [0.15, 0.2) is 0 Å². The maximum absolute atomic E-state index is 11.9. The minimum Gasteiger partial charge on any atom is -0.346 e. The Morgan fingerprint density at radius 2 is 1.44 bits per heavy atom. The minimum absolute atomic E-state index is 0.0485. The molecule has 0 bridgehead atoms. The van der Waals surface area contributed by atoms with Crippen molar-refractivity contribution >= 4 is 11.7 Å². The number of ketones is 1. The van der Waals surface area contributed by atoms with Crippen LogP contribution in [-0.4, -0.2) is 17.7 Å². The van der Waals surface area contributed by atoms with Gasteiger partial charge in [0.1, 0.15) is 0 Å². The van der Waals surface area contributed by atoms with Crippen LogP contribution >= 0.6 is 0 Å². The predicted octanol–water partition coefficient (Wildman–Crippen LogP) is 2.40. The van der Waals surface area contributed by atoms with Gasteiger partial charge in [-0.15, -0.1) is 0 Å². The third-order valence-electron chi connectivity index (χ3n) is 2.51. The highest BCUT2D eigenvalue weighted by atomic mass is 16.2. The summed E-state index contributed by atoms with van der Waals surface area (Å²) in [5, 5.41) is 2.85. The van der Waals surface area contributed by atoms with Gasteiger partial charge in [0.25, 0.3) is 0 Å². The third-order valence-corrected chi connectivity index (χ3v) is 2.51. The Labute approximate surface area is 99.0 Å². The normalized spacial score (nSPS) is 14.1. The average Bonchev–Trinajstić information content (AvgIpc) is 2.10. The fourth-order valence-electron chi connectivity index (χ4n) is 1.28. The summed E-state index contributed by atoms with van der Waals surface area (Å²) in [6, 6.07) is -0.369.